The van der Waals surface area contributed by atoms with Crippen LogP contribution in [0.5, 0.6) is 0 Å². The minimum absolute atomic E-state index is 0.400. The van der Waals surface area contributed by atoms with Crippen LogP contribution in [0.15, 0.2) is 16.3 Å². The first kappa shape index (κ1) is 15.7. The highest BCUT2D eigenvalue weighted by atomic mass is 15.2. The highest BCUT2D eigenvalue weighted by Gasteiger charge is 2.30. The fourth-order valence-corrected chi connectivity index (χ4v) is 3.69. The lowest BCUT2D eigenvalue weighted by atomic mass is 9.78. The van der Waals surface area contributed by atoms with Crippen LogP contribution in [0.3, 0.4) is 0 Å². The molecule has 1 atom stereocenters. The highest BCUT2D eigenvalue weighted by molar-refractivity contribution is 6.11. The number of nitrogens with zero attached hydrogens (tertiary/aromatic N) is 2. The van der Waals surface area contributed by atoms with Gasteiger partial charge in [0.15, 0.2) is 0 Å². The van der Waals surface area contributed by atoms with Crippen LogP contribution in [0.25, 0.3) is 0 Å². The quantitative estimate of drug-likeness (QED) is 0.696. The van der Waals surface area contributed by atoms with E-state index in [1.165, 1.54) is 44.4 Å². The van der Waals surface area contributed by atoms with Crippen molar-refractivity contribution in [1.82, 2.24) is 4.90 Å². The Morgan fingerprint density at radius 2 is 1.90 bits per heavy atom. The molecule has 0 saturated heterocycles. The van der Waals surface area contributed by atoms with Crippen LogP contribution >= 0.6 is 0 Å². The predicted molar refractivity (Wildman–Crippen MR) is 91.2 cm³/mol. The van der Waals surface area contributed by atoms with Crippen LogP contribution in [0.4, 0.5) is 0 Å². The Morgan fingerprint density at radius 1 is 1.15 bits per heavy atom. The molecule has 0 amide bonds. The third-order valence-corrected chi connectivity index (χ3v) is 4.48. The summed E-state index contributed by atoms with van der Waals surface area (Å²) in [7, 11) is 2.42. The van der Waals surface area contributed by atoms with E-state index < -0.39 is 0 Å². The van der Waals surface area contributed by atoms with Crippen molar-refractivity contribution in [2.45, 2.75) is 90.5 Å². The van der Waals surface area contributed by atoms with Gasteiger partial charge in [0.25, 0.3) is 0 Å². The van der Waals surface area contributed by atoms with Crippen LogP contribution in [0.1, 0.15) is 72.6 Å². The molecule has 0 radical (unpaired) electrons. The summed E-state index contributed by atoms with van der Waals surface area (Å²) in [5.74, 6) is 2.17. The molecule has 0 aromatic rings. The van der Waals surface area contributed by atoms with Crippen molar-refractivity contribution in [2.75, 3.05) is 0 Å². The lowest BCUT2D eigenvalue weighted by Gasteiger charge is -2.28. The Hall–Kier alpha value is -0.725. The fourth-order valence-electron chi connectivity index (χ4n) is 3.69. The number of hydrogen-bond acceptors (Lipinski definition) is 1. The van der Waals surface area contributed by atoms with Crippen molar-refractivity contribution in [1.29, 1.82) is 0 Å². The van der Waals surface area contributed by atoms with E-state index in [1.807, 2.05) is 0 Å². The normalized spacial score (nSPS) is 27.0. The molecule has 0 aromatic carbocycles. The summed E-state index contributed by atoms with van der Waals surface area (Å²) < 4.78 is 0. The molecule has 3 heteroatoms. The summed E-state index contributed by atoms with van der Waals surface area (Å²) in [5, 5.41) is 0. The highest BCUT2D eigenvalue weighted by Crippen LogP contribution is 2.37. The third-order valence-electron chi connectivity index (χ3n) is 4.48. The lowest BCUT2D eigenvalue weighted by molar-refractivity contribution is 0.408. The van der Waals surface area contributed by atoms with E-state index >= 15 is 0 Å². The van der Waals surface area contributed by atoms with Gasteiger partial charge in [0, 0.05) is 24.2 Å². The second-order valence-electron chi connectivity index (χ2n) is 7.24. The second kappa shape index (κ2) is 6.82. The monoisotopic (exact) mass is 274 g/mol. The molecule has 2 aliphatic rings. The van der Waals surface area contributed by atoms with Crippen molar-refractivity contribution >= 4 is 13.7 Å². The minimum Gasteiger partial charge on any atom is -0.331 e. The topological polar surface area (TPSA) is 15.6 Å². The third kappa shape index (κ3) is 3.68. The Morgan fingerprint density at radius 3 is 2.55 bits per heavy atom. The lowest BCUT2D eigenvalue weighted by Crippen LogP contribution is -2.33. The van der Waals surface area contributed by atoms with Gasteiger partial charge in [-0.05, 0) is 52.5 Å². The van der Waals surface area contributed by atoms with Crippen molar-refractivity contribution in [3.8, 4) is 0 Å². The molecule has 1 heterocycles. The first-order valence-corrected chi connectivity index (χ1v) is 8.55. The largest absolute Gasteiger partial charge is 0.331 e. The van der Waals surface area contributed by atoms with Gasteiger partial charge < -0.3 is 4.90 Å². The molecule has 0 aromatic heterocycles. The van der Waals surface area contributed by atoms with Gasteiger partial charge in [-0.1, -0.05) is 25.1 Å². The molecule has 0 fully saturated rings. The van der Waals surface area contributed by atoms with Gasteiger partial charge in [-0.3, -0.25) is 4.99 Å². The SMILES string of the molecule is BC1CCCCCC2=C(C/C(=N\C(C)C)N2C(C)C)C1. The average Bonchev–Trinajstić information content (AvgIpc) is 2.67. The summed E-state index contributed by atoms with van der Waals surface area (Å²) in [6.45, 7) is 8.99. The van der Waals surface area contributed by atoms with E-state index in [4.69, 9.17) is 4.99 Å². The summed E-state index contributed by atoms with van der Waals surface area (Å²) >= 11 is 0. The Balaban J connectivity index is 2.29. The maximum atomic E-state index is 4.91. The predicted octanol–water partition coefficient (Wildman–Crippen LogP) is 3.94. The van der Waals surface area contributed by atoms with Gasteiger partial charge >= 0.3 is 0 Å². The first-order chi connectivity index (χ1) is 9.49. The van der Waals surface area contributed by atoms with E-state index in [0.717, 1.165) is 12.2 Å². The maximum Gasteiger partial charge on any atom is 0.108 e. The molecule has 0 bridgehead atoms. The van der Waals surface area contributed by atoms with Crippen LogP contribution in [0, 0.1) is 0 Å². The van der Waals surface area contributed by atoms with Crippen molar-refractivity contribution in [3.63, 3.8) is 0 Å². The standard InChI is InChI=1S/C17H31BN2/c1-12(2)19-17-11-14-10-15(18)8-6-5-7-9-16(14)20(17)13(3)4/h12-13,15H,5-11,18H2,1-4H3/b19-17+. The van der Waals surface area contributed by atoms with Gasteiger partial charge in [0.05, 0.1) is 0 Å². The van der Waals surface area contributed by atoms with Gasteiger partial charge in [-0.15, -0.1) is 0 Å². The summed E-state index contributed by atoms with van der Waals surface area (Å²) in [5.41, 5.74) is 3.31. The van der Waals surface area contributed by atoms with E-state index in [9.17, 15) is 0 Å². The van der Waals surface area contributed by atoms with E-state index in [-0.39, 0.29) is 0 Å². The molecule has 0 saturated carbocycles. The molecule has 20 heavy (non-hydrogen) atoms. The Bertz CT molecular complexity index is 396. The van der Waals surface area contributed by atoms with Crippen LogP contribution in [-0.4, -0.2) is 30.7 Å². The van der Waals surface area contributed by atoms with Crippen molar-refractivity contribution < 1.29 is 0 Å². The van der Waals surface area contributed by atoms with Crippen LogP contribution < -0.4 is 0 Å². The van der Waals surface area contributed by atoms with E-state index in [0.29, 0.717) is 12.1 Å². The molecular formula is C17H31BN2. The summed E-state index contributed by atoms with van der Waals surface area (Å²) in [4.78, 5) is 7.46. The molecular weight excluding hydrogens is 243 g/mol. The minimum atomic E-state index is 0.400. The average molecular weight is 274 g/mol. The number of amidine groups is 1. The molecule has 1 aliphatic heterocycles. The zero-order valence-electron chi connectivity index (χ0n) is 14.1. The molecule has 0 N–H and O–H groups in total. The molecule has 112 valence electrons. The number of hydrogen-bond donors (Lipinski definition) is 0. The molecule has 1 aliphatic carbocycles. The Labute approximate surface area is 126 Å². The number of rotatable bonds is 2. The fraction of sp³-hybridized carbons (Fsp3) is 0.824. The molecule has 2 nitrogen and oxygen atoms in total. The zero-order chi connectivity index (χ0) is 14.7. The van der Waals surface area contributed by atoms with Gasteiger partial charge in [-0.25, -0.2) is 0 Å². The maximum absolute atomic E-state index is 4.91. The summed E-state index contributed by atoms with van der Waals surface area (Å²) in [6.07, 6.45) is 9.21. The van der Waals surface area contributed by atoms with Gasteiger partial charge in [-0.2, -0.15) is 0 Å². The van der Waals surface area contributed by atoms with Crippen molar-refractivity contribution in [2.24, 2.45) is 4.99 Å². The molecule has 1 unspecified atom stereocenters. The number of allylic oxidation sites excluding steroid dienone is 1. The Kier molecular flexibility index (Phi) is 5.34. The zero-order valence-corrected chi connectivity index (χ0v) is 14.1. The van der Waals surface area contributed by atoms with Gasteiger partial charge in [0.1, 0.15) is 13.7 Å². The first-order valence-electron chi connectivity index (χ1n) is 8.55. The van der Waals surface area contributed by atoms with Crippen molar-refractivity contribution in [3.05, 3.63) is 11.3 Å². The van der Waals surface area contributed by atoms with E-state index in [1.54, 1.807) is 11.3 Å². The molecule has 0 spiro atoms. The second-order valence-corrected chi connectivity index (χ2v) is 7.24. The molecule has 2 rings (SSSR count). The van der Waals surface area contributed by atoms with Crippen LogP contribution in [0.2, 0.25) is 5.82 Å². The van der Waals surface area contributed by atoms with E-state index in [2.05, 4.69) is 40.4 Å². The smallest absolute Gasteiger partial charge is 0.108 e. The summed E-state index contributed by atoms with van der Waals surface area (Å²) in [6, 6.07) is 0.938. The van der Waals surface area contributed by atoms with Gasteiger partial charge in [0.2, 0.25) is 0 Å². The van der Waals surface area contributed by atoms with Crippen LogP contribution in [-0.2, 0) is 0 Å². The number of aliphatic imine (C=N–C) groups is 1.